The summed E-state index contributed by atoms with van der Waals surface area (Å²) in [6.45, 7) is 7.67. The SMILES string of the molecule is CCC1CCN(C(=O)NCC(CC)(CC)C(=O)O)CC1. The van der Waals surface area contributed by atoms with E-state index >= 15 is 0 Å². The summed E-state index contributed by atoms with van der Waals surface area (Å²) in [6.07, 6.45) is 4.32. The van der Waals surface area contributed by atoms with Crippen LogP contribution in [0.25, 0.3) is 0 Å². The molecule has 116 valence electrons. The maximum Gasteiger partial charge on any atom is 0.317 e. The van der Waals surface area contributed by atoms with Crippen LogP contribution in [0, 0.1) is 11.3 Å². The highest BCUT2D eigenvalue weighted by atomic mass is 16.4. The van der Waals surface area contributed by atoms with E-state index in [2.05, 4.69) is 12.2 Å². The smallest absolute Gasteiger partial charge is 0.317 e. The molecule has 1 rings (SSSR count). The molecular weight excluding hydrogens is 256 g/mol. The van der Waals surface area contributed by atoms with Crippen LogP contribution in [0.2, 0.25) is 0 Å². The highest BCUT2D eigenvalue weighted by molar-refractivity contribution is 5.78. The fourth-order valence-electron chi connectivity index (χ4n) is 2.78. The largest absolute Gasteiger partial charge is 0.481 e. The summed E-state index contributed by atoms with van der Waals surface area (Å²) >= 11 is 0. The highest BCUT2D eigenvalue weighted by Gasteiger charge is 2.35. The first-order valence-corrected chi connectivity index (χ1v) is 7.75. The van der Waals surface area contributed by atoms with Gasteiger partial charge in [-0.15, -0.1) is 0 Å². The number of piperidine rings is 1. The van der Waals surface area contributed by atoms with Gasteiger partial charge in [-0.05, 0) is 31.6 Å². The lowest BCUT2D eigenvalue weighted by Crippen LogP contribution is -2.49. The van der Waals surface area contributed by atoms with Gasteiger partial charge in [0, 0.05) is 19.6 Å². The normalized spacial score (nSPS) is 17.1. The molecule has 2 N–H and O–H groups in total. The molecule has 0 unspecified atom stereocenters. The molecule has 0 radical (unpaired) electrons. The molecule has 1 aliphatic rings. The Labute approximate surface area is 121 Å². The molecule has 1 fully saturated rings. The van der Waals surface area contributed by atoms with Gasteiger partial charge in [0.1, 0.15) is 0 Å². The Bertz CT molecular complexity index is 332. The molecule has 0 aromatic heterocycles. The van der Waals surface area contributed by atoms with Gasteiger partial charge < -0.3 is 15.3 Å². The monoisotopic (exact) mass is 284 g/mol. The van der Waals surface area contributed by atoms with Gasteiger partial charge in [-0.2, -0.15) is 0 Å². The number of rotatable bonds is 6. The third-order valence-electron chi connectivity index (χ3n) is 4.86. The van der Waals surface area contributed by atoms with Crippen molar-refractivity contribution >= 4 is 12.0 Å². The van der Waals surface area contributed by atoms with E-state index in [1.165, 1.54) is 6.42 Å². The van der Waals surface area contributed by atoms with Crippen molar-refractivity contribution in [2.24, 2.45) is 11.3 Å². The Morgan fingerprint density at radius 1 is 1.20 bits per heavy atom. The minimum atomic E-state index is -0.836. The topological polar surface area (TPSA) is 69.6 Å². The summed E-state index contributed by atoms with van der Waals surface area (Å²) < 4.78 is 0. The number of carbonyl (C=O) groups is 2. The van der Waals surface area contributed by atoms with Crippen LogP contribution in [0.1, 0.15) is 52.9 Å². The molecule has 0 saturated carbocycles. The zero-order valence-corrected chi connectivity index (χ0v) is 12.9. The lowest BCUT2D eigenvalue weighted by Gasteiger charge is -2.33. The number of nitrogens with zero attached hydrogens (tertiary/aromatic N) is 1. The lowest BCUT2D eigenvalue weighted by molar-refractivity contribution is -0.149. The third kappa shape index (κ3) is 3.87. The molecular formula is C15H28N2O3. The predicted octanol–water partition coefficient (Wildman–Crippen LogP) is 2.71. The minimum Gasteiger partial charge on any atom is -0.481 e. The van der Waals surface area contributed by atoms with E-state index in [9.17, 15) is 14.7 Å². The second kappa shape index (κ2) is 7.50. The number of amides is 2. The minimum absolute atomic E-state index is 0.118. The molecule has 5 nitrogen and oxygen atoms in total. The molecule has 2 amide bonds. The molecule has 20 heavy (non-hydrogen) atoms. The number of carboxylic acid groups (broad SMARTS) is 1. The van der Waals surface area contributed by atoms with Crippen molar-refractivity contribution in [3.8, 4) is 0 Å². The van der Waals surface area contributed by atoms with Gasteiger partial charge in [0.2, 0.25) is 0 Å². The van der Waals surface area contributed by atoms with Crippen LogP contribution < -0.4 is 5.32 Å². The number of hydrogen-bond acceptors (Lipinski definition) is 2. The Hall–Kier alpha value is -1.26. The summed E-state index contributed by atoms with van der Waals surface area (Å²) in [4.78, 5) is 25.3. The first-order chi connectivity index (χ1) is 9.49. The zero-order chi connectivity index (χ0) is 15.2. The van der Waals surface area contributed by atoms with Crippen LogP contribution in [-0.2, 0) is 4.79 Å². The Morgan fingerprint density at radius 2 is 1.75 bits per heavy atom. The Balaban J connectivity index is 2.48. The molecule has 0 spiro atoms. The molecule has 0 bridgehead atoms. The van der Waals surface area contributed by atoms with Gasteiger partial charge >= 0.3 is 12.0 Å². The van der Waals surface area contributed by atoms with E-state index in [0.717, 1.165) is 31.8 Å². The van der Waals surface area contributed by atoms with Crippen molar-refractivity contribution in [1.29, 1.82) is 0 Å². The van der Waals surface area contributed by atoms with Crippen molar-refractivity contribution in [2.75, 3.05) is 19.6 Å². The second-order valence-electron chi connectivity index (χ2n) is 5.79. The predicted molar refractivity (Wildman–Crippen MR) is 78.6 cm³/mol. The van der Waals surface area contributed by atoms with Crippen molar-refractivity contribution in [1.82, 2.24) is 10.2 Å². The van der Waals surface area contributed by atoms with Crippen molar-refractivity contribution in [3.05, 3.63) is 0 Å². The summed E-state index contributed by atoms with van der Waals surface area (Å²) in [5.74, 6) is -0.101. The van der Waals surface area contributed by atoms with Gasteiger partial charge in [-0.1, -0.05) is 27.2 Å². The first-order valence-electron chi connectivity index (χ1n) is 7.75. The van der Waals surface area contributed by atoms with Crippen LogP contribution in [0.4, 0.5) is 4.79 Å². The highest BCUT2D eigenvalue weighted by Crippen LogP contribution is 2.26. The maximum absolute atomic E-state index is 12.1. The number of likely N-dealkylation sites (tertiary alicyclic amines) is 1. The summed E-state index contributed by atoms with van der Waals surface area (Å²) in [7, 11) is 0. The van der Waals surface area contributed by atoms with E-state index in [1.54, 1.807) is 0 Å². The fourth-order valence-corrected chi connectivity index (χ4v) is 2.78. The molecule has 1 aliphatic heterocycles. The van der Waals surface area contributed by atoms with Gasteiger partial charge in [0.25, 0.3) is 0 Å². The van der Waals surface area contributed by atoms with E-state index in [4.69, 9.17) is 0 Å². The molecule has 1 heterocycles. The maximum atomic E-state index is 12.1. The molecule has 5 heteroatoms. The summed E-state index contributed by atoms with van der Waals surface area (Å²) in [6, 6.07) is -0.118. The van der Waals surface area contributed by atoms with Crippen LogP contribution in [0.5, 0.6) is 0 Å². The number of urea groups is 1. The second-order valence-corrected chi connectivity index (χ2v) is 5.79. The number of carboxylic acids is 1. The van der Waals surface area contributed by atoms with E-state index in [0.29, 0.717) is 12.8 Å². The third-order valence-corrected chi connectivity index (χ3v) is 4.86. The lowest BCUT2D eigenvalue weighted by atomic mass is 9.82. The summed E-state index contributed by atoms with van der Waals surface area (Å²) in [5, 5.41) is 12.2. The van der Waals surface area contributed by atoms with Crippen LogP contribution in [0.15, 0.2) is 0 Å². The first kappa shape index (κ1) is 16.8. The van der Waals surface area contributed by atoms with Crippen molar-refractivity contribution in [2.45, 2.75) is 52.9 Å². The van der Waals surface area contributed by atoms with E-state index in [1.807, 2.05) is 18.7 Å². The summed E-state index contributed by atoms with van der Waals surface area (Å²) in [5.41, 5.74) is -0.836. The zero-order valence-electron chi connectivity index (χ0n) is 12.9. The Kier molecular flexibility index (Phi) is 6.30. The Morgan fingerprint density at radius 3 is 2.15 bits per heavy atom. The molecule has 0 atom stereocenters. The molecule has 0 aromatic carbocycles. The van der Waals surface area contributed by atoms with Crippen LogP contribution in [-0.4, -0.2) is 41.6 Å². The fraction of sp³-hybridized carbons (Fsp3) is 0.867. The quantitative estimate of drug-likeness (QED) is 0.788. The van der Waals surface area contributed by atoms with Crippen molar-refractivity contribution in [3.63, 3.8) is 0 Å². The van der Waals surface area contributed by atoms with Gasteiger partial charge in [0.05, 0.1) is 5.41 Å². The molecule has 0 aliphatic carbocycles. The number of carbonyl (C=O) groups excluding carboxylic acids is 1. The number of nitrogens with one attached hydrogen (secondary N) is 1. The molecule has 0 aromatic rings. The standard InChI is InChI=1S/C15H28N2O3/c1-4-12-7-9-17(10-8-12)14(20)16-11-15(5-2,6-3)13(18)19/h12H,4-11H2,1-3H3,(H,16,20)(H,18,19). The number of hydrogen-bond donors (Lipinski definition) is 2. The van der Waals surface area contributed by atoms with Crippen LogP contribution in [0.3, 0.4) is 0 Å². The molecule has 1 saturated heterocycles. The van der Waals surface area contributed by atoms with Gasteiger partial charge in [0.15, 0.2) is 0 Å². The van der Waals surface area contributed by atoms with Crippen LogP contribution >= 0.6 is 0 Å². The average Bonchev–Trinajstić information content (AvgIpc) is 2.48. The average molecular weight is 284 g/mol. The number of aliphatic carboxylic acids is 1. The van der Waals surface area contributed by atoms with Crippen molar-refractivity contribution < 1.29 is 14.7 Å². The van der Waals surface area contributed by atoms with E-state index < -0.39 is 11.4 Å². The van der Waals surface area contributed by atoms with Gasteiger partial charge in [-0.25, -0.2) is 4.79 Å². The van der Waals surface area contributed by atoms with E-state index in [-0.39, 0.29) is 12.6 Å². The van der Waals surface area contributed by atoms with Gasteiger partial charge in [-0.3, -0.25) is 4.79 Å².